The van der Waals surface area contributed by atoms with Crippen LogP contribution in [0.2, 0.25) is 0 Å². The Labute approximate surface area is 266 Å². The highest BCUT2D eigenvalue weighted by atomic mass is 16.2. The first kappa shape index (κ1) is 30.8. The van der Waals surface area contributed by atoms with Crippen LogP contribution in [0.15, 0.2) is 73.1 Å². The number of rotatable bonds is 9. The number of piperidine rings is 1. The third-order valence-electron chi connectivity index (χ3n) is 10.5. The van der Waals surface area contributed by atoms with E-state index in [4.69, 9.17) is 0 Å². The van der Waals surface area contributed by atoms with Gasteiger partial charge in [-0.3, -0.25) is 14.6 Å². The number of nitrogens with one attached hydrogen (secondary N) is 2. The van der Waals surface area contributed by atoms with Crippen LogP contribution in [0.5, 0.6) is 0 Å². The molecule has 6 rings (SSSR count). The van der Waals surface area contributed by atoms with Gasteiger partial charge in [0.2, 0.25) is 11.8 Å². The minimum absolute atomic E-state index is 0.0274. The number of likely N-dealkylation sites (tertiary alicyclic amines) is 1. The summed E-state index contributed by atoms with van der Waals surface area (Å²) < 4.78 is 0. The summed E-state index contributed by atoms with van der Waals surface area (Å²) >= 11 is 0. The lowest BCUT2D eigenvalue weighted by Gasteiger charge is -2.47. The molecule has 8 heteroatoms. The largest absolute Gasteiger partial charge is 0.378 e. The zero-order chi connectivity index (χ0) is 31.9. The highest BCUT2D eigenvalue weighted by molar-refractivity contribution is 6.01. The van der Waals surface area contributed by atoms with Crippen molar-refractivity contribution in [1.82, 2.24) is 19.8 Å². The molecule has 0 spiro atoms. The molecule has 2 unspecified atom stereocenters. The van der Waals surface area contributed by atoms with Gasteiger partial charge in [0.05, 0.1) is 0 Å². The molecule has 236 valence electrons. The number of carbonyl (C=O) groups excluding carboxylic acids is 2. The summed E-state index contributed by atoms with van der Waals surface area (Å²) in [7, 11) is 6.07. The fraction of sp³-hybridized carbons (Fsp3) is 0.432. The molecule has 0 bridgehead atoms. The summed E-state index contributed by atoms with van der Waals surface area (Å²) in [6.45, 7) is 8.49. The maximum atomic E-state index is 14.7. The number of aromatic amines is 1. The number of amides is 2. The molecule has 8 nitrogen and oxygen atoms in total. The molecule has 2 amide bonds. The number of hydrogen-bond acceptors (Lipinski definition) is 5. The van der Waals surface area contributed by atoms with Crippen molar-refractivity contribution in [2.24, 2.45) is 11.3 Å². The number of nitrogens with zero attached hydrogens (tertiary/aromatic N) is 4. The van der Waals surface area contributed by atoms with Gasteiger partial charge in [-0.25, -0.2) is 0 Å². The lowest BCUT2D eigenvalue weighted by Crippen LogP contribution is -2.62. The van der Waals surface area contributed by atoms with Crippen LogP contribution in [0.4, 0.5) is 11.4 Å². The molecule has 3 heterocycles. The predicted octanol–water partition coefficient (Wildman–Crippen LogP) is 6.20. The Morgan fingerprint density at radius 2 is 1.73 bits per heavy atom. The van der Waals surface area contributed by atoms with Crippen molar-refractivity contribution < 1.29 is 9.59 Å². The summed E-state index contributed by atoms with van der Waals surface area (Å²) in [6, 6.07) is 20.2. The first-order valence-corrected chi connectivity index (χ1v) is 16.1. The lowest BCUT2D eigenvalue weighted by atomic mass is 9.83. The van der Waals surface area contributed by atoms with Crippen LogP contribution in [-0.4, -0.2) is 71.4 Å². The van der Waals surface area contributed by atoms with Crippen molar-refractivity contribution in [3.05, 3.63) is 89.9 Å². The van der Waals surface area contributed by atoms with Crippen molar-refractivity contribution in [2.75, 3.05) is 44.4 Å². The highest BCUT2D eigenvalue weighted by Gasteiger charge is 2.60. The Balaban J connectivity index is 1.33. The first-order valence-electron chi connectivity index (χ1n) is 16.1. The number of aryl methyl sites for hydroxylation is 1. The number of pyridine rings is 1. The second-order valence-electron chi connectivity index (χ2n) is 13.9. The number of para-hydroxylation sites is 1. The number of fused-ring (bicyclic) bond motifs is 1. The van der Waals surface area contributed by atoms with Crippen LogP contribution in [0.1, 0.15) is 55.8 Å². The van der Waals surface area contributed by atoms with Crippen molar-refractivity contribution >= 4 is 34.1 Å². The van der Waals surface area contributed by atoms with Gasteiger partial charge in [0.1, 0.15) is 5.54 Å². The molecule has 2 aliphatic rings. The summed E-state index contributed by atoms with van der Waals surface area (Å²) in [5.41, 5.74) is 5.32. The van der Waals surface area contributed by atoms with Crippen LogP contribution in [0.3, 0.4) is 0 Å². The number of anilines is 2. The molecule has 4 aromatic rings. The summed E-state index contributed by atoms with van der Waals surface area (Å²) in [5, 5.41) is 4.45. The maximum absolute atomic E-state index is 14.7. The second-order valence-corrected chi connectivity index (χ2v) is 13.9. The Morgan fingerprint density at radius 1 is 1.02 bits per heavy atom. The molecule has 1 saturated heterocycles. The highest BCUT2D eigenvalue weighted by Crippen LogP contribution is 2.67. The predicted molar refractivity (Wildman–Crippen MR) is 181 cm³/mol. The first-order chi connectivity index (χ1) is 21.5. The summed E-state index contributed by atoms with van der Waals surface area (Å²) in [6.07, 6.45) is 5.07. The third kappa shape index (κ3) is 5.84. The average Bonchev–Trinajstić information content (AvgIpc) is 3.37. The molecule has 45 heavy (non-hydrogen) atoms. The number of aromatic nitrogens is 2. The van der Waals surface area contributed by atoms with Crippen LogP contribution in [-0.2, 0) is 16.1 Å². The zero-order valence-electron chi connectivity index (χ0n) is 27.4. The van der Waals surface area contributed by atoms with E-state index in [1.807, 2.05) is 60.3 Å². The van der Waals surface area contributed by atoms with E-state index in [0.717, 1.165) is 35.5 Å². The van der Waals surface area contributed by atoms with Gasteiger partial charge in [-0.05, 0) is 91.6 Å². The summed E-state index contributed by atoms with van der Waals surface area (Å²) in [4.78, 5) is 43.2. The van der Waals surface area contributed by atoms with Gasteiger partial charge in [0.15, 0.2) is 0 Å². The van der Waals surface area contributed by atoms with Crippen LogP contribution < -0.4 is 10.2 Å². The minimum Gasteiger partial charge on any atom is -0.378 e. The number of hydrogen-bond donors (Lipinski definition) is 2. The van der Waals surface area contributed by atoms with Crippen molar-refractivity contribution in [3.63, 3.8) is 0 Å². The number of H-pyrrole nitrogens is 1. The molecule has 2 N–H and O–H groups in total. The van der Waals surface area contributed by atoms with E-state index in [-0.39, 0.29) is 29.1 Å². The second kappa shape index (κ2) is 12.0. The monoisotopic (exact) mass is 606 g/mol. The molecule has 1 aliphatic carbocycles. The normalized spacial score (nSPS) is 20.5. The van der Waals surface area contributed by atoms with Crippen LogP contribution in [0.25, 0.3) is 10.9 Å². The molecular formula is C37H46N6O2. The van der Waals surface area contributed by atoms with E-state index >= 15 is 0 Å². The van der Waals surface area contributed by atoms with E-state index < -0.39 is 5.54 Å². The molecule has 2 aromatic carbocycles. The topological polar surface area (TPSA) is 84.6 Å². The van der Waals surface area contributed by atoms with Gasteiger partial charge < -0.3 is 25.0 Å². The molecular weight excluding hydrogens is 560 g/mol. The van der Waals surface area contributed by atoms with Gasteiger partial charge in [0, 0.05) is 80.5 Å². The summed E-state index contributed by atoms with van der Waals surface area (Å²) in [5.74, 6) is 0.337. The molecule has 1 aliphatic heterocycles. The Kier molecular flexibility index (Phi) is 8.20. The number of carbonyl (C=O) groups is 2. The Morgan fingerprint density at radius 3 is 2.40 bits per heavy atom. The molecule has 2 atom stereocenters. The fourth-order valence-corrected chi connectivity index (χ4v) is 7.55. The molecule has 2 fully saturated rings. The van der Waals surface area contributed by atoms with E-state index in [1.165, 1.54) is 16.6 Å². The zero-order valence-corrected chi connectivity index (χ0v) is 27.4. The Hall–Kier alpha value is -4.17. The lowest BCUT2D eigenvalue weighted by molar-refractivity contribution is -0.150. The van der Waals surface area contributed by atoms with Gasteiger partial charge in [-0.2, -0.15) is 0 Å². The van der Waals surface area contributed by atoms with E-state index in [1.54, 1.807) is 12.4 Å². The van der Waals surface area contributed by atoms with Gasteiger partial charge in [-0.15, -0.1) is 0 Å². The Bertz CT molecular complexity index is 1670. The molecule has 1 saturated carbocycles. The van der Waals surface area contributed by atoms with Crippen molar-refractivity contribution in [2.45, 2.75) is 58.0 Å². The van der Waals surface area contributed by atoms with Crippen LogP contribution >= 0.6 is 0 Å². The average molecular weight is 607 g/mol. The van der Waals surface area contributed by atoms with E-state index in [9.17, 15) is 9.59 Å². The van der Waals surface area contributed by atoms with Gasteiger partial charge >= 0.3 is 0 Å². The van der Waals surface area contributed by atoms with Gasteiger partial charge in [0.25, 0.3) is 0 Å². The SMILES string of the molecule is Cc1[nH]c2ccccc2c1C1C(CC(=O)N(Cc2cccnc2)C2(C(=O)Nc3ccc(N(C)C)cc3)CCN(C)CC2)C1(C)C. The van der Waals surface area contributed by atoms with Gasteiger partial charge in [-0.1, -0.05) is 38.1 Å². The van der Waals surface area contributed by atoms with E-state index in [2.05, 4.69) is 72.3 Å². The van der Waals surface area contributed by atoms with Crippen molar-refractivity contribution in [3.8, 4) is 0 Å². The standard InChI is InChI=1S/C37H46N6O2/c1-25-33(29-11-7-8-12-31(29)39-25)34-30(36(34,2)3)22-32(44)43(24-26-10-9-19-38-23-26)37(17-20-42(6)21-18-37)35(45)40-27-13-15-28(16-14-27)41(4)5/h7-16,19,23,30,34,39H,17-18,20-22,24H2,1-6H3,(H,40,45). The number of benzene rings is 2. The maximum Gasteiger partial charge on any atom is 0.250 e. The minimum atomic E-state index is -0.981. The van der Waals surface area contributed by atoms with Crippen LogP contribution in [0, 0.1) is 18.3 Å². The smallest absolute Gasteiger partial charge is 0.250 e. The quantitative estimate of drug-likeness (QED) is 0.237. The molecule has 2 aromatic heterocycles. The van der Waals surface area contributed by atoms with E-state index in [0.29, 0.717) is 25.8 Å². The third-order valence-corrected chi connectivity index (χ3v) is 10.5. The fourth-order valence-electron chi connectivity index (χ4n) is 7.55. The van der Waals surface area contributed by atoms with Crippen molar-refractivity contribution in [1.29, 1.82) is 0 Å². The molecule has 0 radical (unpaired) electrons.